The fraction of sp³-hybridized carbons (Fsp3) is 0.688. The molecule has 0 saturated carbocycles. The molecule has 0 spiro atoms. The van der Waals surface area contributed by atoms with Gasteiger partial charge >= 0.3 is 0 Å². The smallest absolute Gasteiger partial charge is 0.255 e. The Morgan fingerprint density at radius 1 is 1.26 bits per heavy atom. The molecule has 0 fully saturated rings. The second-order valence-electron chi connectivity index (χ2n) is 5.69. The first-order valence-corrected chi connectivity index (χ1v) is 7.46. The number of aryl methyl sites for hydroxylation is 1. The van der Waals surface area contributed by atoms with E-state index in [0.717, 1.165) is 30.8 Å². The van der Waals surface area contributed by atoms with E-state index in [9.17, 15) is 4.79 Å². The van der Waals surface area contributed by atoms with Crippen LogP contribution >= 0.6 is 0 Å². The van der Waals surface area contributed by atoms with Gasteiger partial charge in [-0.25, -0.2) is 0 Å². The Morgan fingerprint density at radius 3 is 2.63 bits per heavy atom. The maximum Gasteiger partial charge on any atom is 0.255 e. The average Bonchev–Trinajstić information content (AvgIpc) is 2.36. The molecule has 0 bridgehead atoms. The summed E-state index contributed by atoms with van der Waals surface area (Å²) in [5.41, 5.74) is 2.11. The highest BCUT2D eigenvalue weighted by Crippen LogP contribution is 2.03. The third kappa shape index (κ3) is 5.19. The van der Waals surface area contributed by atoms with E-state index in [1.165, 1.54) is 12.8 Å². The lowest BCUT2D eigenvalue weighted by molar-refractivity contribution is 0.540. The van der Waals surface area contributed by atoms with Gasteiger partial charge in [0.15, 0.2) is 0 Å². The maximum absolute atomic E-state index is 12.4. The summed E-state index contributed by atoms with van der Waals surface area (Å²) in [7, 11) is 0. The van der Waals surface area contributed by atoms with Crippen LogP contribution in [0, 0.1) is 12.8 Å². The maximum atomic E-state index is 12.4. The van der Waals surface area contributed by atoms with E-state index in [4.69, 9.17) is 0 Å². The lowest BCUT2D eigenvalue weighted by Gasteiger charge is -2.13. The topological polar surface area (TPSA) is 34.0 Å². The van der Waals surface area contributed by atoms with Crippen molar-refractivity contribution in [2.24, 2.45) is 5.92 Å². The van der Waals surface area contributed by atoms with Crippen LogP contribution in [-0.4, -0.2) is 11.1 Å². The molecule has 0 radical (unpaired) electrons. The van der Waals surface area contributed by atoms with E-state index in [-0.39, 0.29) is 5.56 Å². The summed E-state index contributed by atoms with van der Waals surface area (Å²) in [5.74, 6) is 0.609. The molecule has 0 unspecified atom stereocenters. The van der Waals surface area contributed by atoms with Crippen molar-refractivity contribution in [3.05, 3.63) is 33.7 Å². The van der Waals surface area contributed by atoms with Crippen molar-refractivity contribution < 1.29 is 0 Å². The standard InChI is InChI=1S/C16H28N2O/c1-5-6-7-10-18-14(4)8-9-15(16(18)19)12-17-11-13(2)3/h8-9,13,17H,5-7,10-12H2,1-4H3. The number of nitrogens with one attached hydrogen (secondary N) is 1. The number of aromatic nitrogens is 1. The molecule has 0 aromatic carbocycles. The predicted octanol–water partition coefficient (Wildman–Crippen LogP) is 3.09. The highest BCUT2D eigenvalue weighted by molar-refractivity contribution is 5.15. The molecule has 1 rings (SSSR count). The summed E-state index contributed by atoms with van der Waals surface area (Å²) < 4.78 is 1.92. The summed E-state index contributed by atoms with van der Waals surface area (Å²) in [5, 5.41) is 3.34. The Hall–Kier alpha value is -1.09. The molecule has 1 aromatic heterocycles. The number of nitrogens with zero attached hydrogens (tertiary/aromatic N) is 1. The van der Waals surface area contributed by atoms with Gasteiger partial charge in [0, 0.05) is 24.3 Å². The monoisotopic (exact) mass is 264 g/mol. The Kier molecular flexibility index (Phi) is 6.85. The van der Waals surface area contributed by atoms with Gasteiger partial charge in [-0.3, -0.25) is 4.79 Å². The van der Waals surface area contributed by atoms with E-state index in [1.807, 2.05) is 17.6 Å². The third-order valence-electron chi connectivity index (χ3n) is 3.32. The molecule has 0 aliphatic carbocycles. The molecule has 0 amide bonds. The molecule has 3 heteroatoms. The molecule has 108 valence electrons. The van der Waals surface area contributed by atoms with Crippen molar-refractivity contribution in [2.75, 3.05) is 6.54 Å². The van der Waals surface area contributed by atoms with E-state index in [2.05, 4.69) is 32.2 Å². The molecule has 0 aliphatic rings. The Labute approximate surface area is 117 Å². The van der Waals surface area contributed by atoms with Gasteiger partial charge in [-0.1, -0.05) is 39.7 Å². The van der Waals surface area contributed by atoms with Crippen molar-refractivity contribution in [1.29, 1.82) is 0 Å². The van der Waals surface area contributed by atoms with Crippen LogP contribution in [0.1, 0.15) is 51.3 Å². The molecule has 1 aromatic rings. The fourth-order valence-corrected chi connectivity index (χ4v) is 2.14. The van der Waals surface area contributed by atoms with Crippen molar-refractivity contribution in [3.63, 3.8) is 0 Å². The molecule has 0 saturated heterocycles. The van der Waals surface area contributed by atoms with Crippen LogP contribution in [0.25, 0.3) is 0 Å². The Balaban J connectivity index is 2.72. The van der Waals surface area contributed by atoms with Crippen LogP contribution in [0.2, 0.25) is 0 Å². The minimum Gasteiger partial charge on any atom is -0.313 e. The van der Waals surface area contributed by atoms with Gasteiger partial charge in [0.2, 0.25) is 0 Å². The fourth-order valence-electron chi connectivity index (χ4n) is 2.14. The van der Waals surface area contributed by atoms with Crippen LogP contribution in [-0.2, 0) is 13.1 Å². The molecule has 1 heterocycles. The van der Waals surface area contributed by atoms with Gasteiger partial charge in [0.1, 0.15) is 0 Å². The molecule has 1 N–H and O–H groups in total. The number of unbranched alkanes of at least 4 members (excludes halogenated alkanes) is 2. The number of rotatable bonds is 8. The molecular formula is C16H28N2O. The Bertz CT molecular complexity index is 435. The first-order valence-electron chi connectivity index (χ1n) is 7.46. The molecule has 19 heavy (non-hydrogen) atoms. The van der Waals surface area contributed by atoms with Gasteiger partial charge in [-0.05, 0) is 31.9 Å². The van der Waals surface area contributed by atoms with Crippen molar-refractivity contribution in [2.45, 2.75) is 60.0 Å². The average molecular weight is 264 g/mol. The third-order valence-corrected chi connectivity index (χ3v) is 3.32. The van der Waals surface area contributed by atoms with Crippen molar-refractivity contribution >= 4 is 0 Å². The highest BCUT2D eigenvalue weighted by Gasteiger charge is 2.06. The van der Waals surface area contributed by atoms with Gasteiger partial charge in [0.25, 0.3) is 5.56 Å². The number of hydrogen-bond acceptors (Lipinski definition) is 2. The van der Waals surface area contributed by atoms with Crippen molar-refractivity contribution in [1.82, 2.24) is 9.88 Å². The molecule has 0 aliphatic heterocycles. The first-order chi connectivity index (χ1) is 9.06. The molecule has 0 atom stereocenters. The van der Waals surface area contributed by atoms with Gasteiger partial charge in [0.05, 0.1) is 0 Å². The highest BCUT2D eigenvalue weighted by atomic mass is 16.1. The summed E-state index contributed by atoms with van der Waals surface area (Å²) >= 11 is 0. The van der Waals surface area contributed by atoms with E-state index in [1.54, 1.807) is 0 Å². The van der Waals surface area contributed by atoms with Gasteiger partial charge in [-0.15, -0.1) is 0 Å². The minimum absolute atomic E-state index is 0.173. The minimum atomic E-state index is 0.173. The van der Waals surface area contributed by atoms with E-state index >= 15 is 0 Å². The van der Waals surface area contributed by atoms with Gasteiger partial charge in [-0.2, -0.15) is 0 Å². The van der Waals surface area contributed by atoms with E-state index < -0.39 is 0 Å². The zero-order valence-electron chi connectivity index (χ0n) is 12.8. The summed E-state index contributed by atoms with van der Waals surface area (Å²) in [6, 6.07) is 4.01. The predicted molar refractivity (Wildman–Crippen MR) is 81.5 cm³/mol. The first kappa shape index (κ1) is 16.0. The second-order valence-corrected chi connectivity index (χ2v) is 5.69. The molecular weight excluding hydrogens is 236 g/mol. The summed E-state index contributed by atoms with van der Waals surface area (Å²) in [4.78, 5) is 12.4. The van der Waals surface area contributed by atoms with Gasteiger partial charge < -0.3 is 9.88 Å². The van der Waals surface area contributed by atoms with Crippen LogP contribution in [0.4, 0.5) is 0 Å². The second kappa shape index (κ2) is 8.16. The van der Waals surface area contributed by atoms with Crippen LogP contribution in [0.15, 0.2) is 16.9 Å². The summed E-state index contributed by atoms with van der Waals surface area (Å²) in [6.07, 6.45) is 3.45. The zero-order valence-corrected chi connectivity index (χ0v) is 12.8. The largest absolute Gasteiger partial charge is 0.313 e. The SMILES string of the molecule is CCCCCn1c(C)ccc(CNCC(C)C)c1=O. The zero-order chi connectivity index (χ0) is 14.3. The summed E-state index contributed by atoms with van der Waals surface area (Å²) in [6.45, 7) is 11.0. The Morgan fingerprint density at radius 2 is 2.00 bits per heavy atom. The van der Waals surface area contributed by atoms with Crippen LogP contribution in [0.3, 0.4) is 0 Å². The molecule has 3 nitrogen and oxygen atoms in total. The van der Waals surface area contributed by atoms with Crippen molar-refractivity contribution in [3.8, 4) is 0 Å². The lowest BCUT2D eigenvalue weighted by Crippen LogP contribution is -2.29. The van der Waals surface area contributed by atoms with Crippen LogP contribution < -0.4 is 10.9 Å². The normalized spacial score (nSPS) is 11.2. The lowest BCUT2D eigenvalue weighted by atomic mass is 10.2. The number of pyridine rings is 1. The quantitative estimate of drug-likeness (QED) is 0.732. The number of hydrogen-bond donors (Lipinski definition) is 1. The van der Waals surface area contributed by atoms with Crippen LogP contribution in [0.5, 0.6) is 0 Å². The van der Waals surface area contributed by atoms with E-state index in [0.29, 0.717) is 12.5 Å².